The standard InChI is InChI=1S/C7H10N2O3/c1-4-5(3-9-12-4)6(8)7(10)11-2/h3,6H,8H2,1-2H3. The molecule has 0 aliphatic carbocycles. The Morgan fingerprint density at radius 3 is 2.92 bits per heavy atom. The lowest BCUT2D eigenvalue weighted by molar-refractivity contribution is -0.142. The van der Waals surface area contributed by atoms with Gasteiger partial charge >= 0.3 is 5.97 Å². The molecule has 1 aromatic rings. The number of esters is 1. The fourth-order valence-electron chi connectivity index (χ4n) is 0.859. The van der Waals surface area contributed by atoms with Crippen LogP contribution >= 0.6 is 0 Å². The van der Waals surface area contributed by atoms with Crippen LogP contribution in [0.3, 0.4) is 0 Å². The summed E-state index contributed by atoms with van der Waals surface area (Å²) in [5.74, 6) is 0.0363. The molecule has 0 aliphatic heterocycles. The zero-order chi connectivity index (χ0) is 9.14. The van der Waals surface area contributed by atoms with Crippen molar-refractivity contribution in [1.82, 2.24) is 5.16 Å². The van der Waals surface area contributed by atoms with Gasteiger partial charge in [-0.25, -0.2) is 0 Å². The van der Waals surface area contributed by atoms with Gasteiger partial charge in [-0.15, -0.1) is 0 Å². The molecule has 66 valence electrons. The van der Waals surface area contributed by atoms with Gasteiger partial charge in [-0.3, -0.25) is 4.79 Å². The van der Waals surface area contributed by atoms with E-state index < -0.39 is 12.0 Å². The van der Waals surface area contributed by atoms with Crippen LogP contribution in [0.2, 0.25) is 0 Å². The van der Waals surface area contributed by atoms with Crippen molar-refractivity contribution in [2.75, 3.05) is 7.11 Å². The highest BCUT2D eigenvalue weighted by Crippen LogP contribution is 2.15. The molecule has 0 radical (unpaired) electrons. The third kappa shape index (κ3) is 1.45. The summed E-state index contributed by atoms with van der Waals surface area (Å²) in [6, 6.07) is -0.804. The van der Waals surface area contributed by atoms with Gasteiger partial charge in [0.15, 0.2) is 0 Å². The van der Waals surface area contributed by atoms with E-state index in [1.807, 2.05) is 0 Å². The lowest BCUT2D eigenvalue weighted by Gasteiger charge is -2.05. The Kier molecular flexibility index (Phi) is 2.44. The minimum absolute atomic E-state index is 0.499. The smallest absolute Gasteiger partial charge is 0.327 e. The lowest BCUT2D eigenvalue weighted by Crippen LogP contribution is -2.22. The number of aryl methyl sites for hydroxylation is 1. The highest BCUT2D eigenvalue weighted by molar-refractivity contribution is 5.77. The molecule has 5 nitrogen and oxygen atoms in total. The zero-order valence-electron chi connectivity index (χ0n) is 6.90. The molecule has 1 heterocycles. The van der Waals surface area contributed by atoms with Gasteiger partial charge in [0.1, 0.15) is 11.8 Å². The van der Waals surface area contributed by atoms with Crippen LogP contribution in [0.15, 0.2) is 10.7 Å². The van der Waals surface area contributed by atoms with Crippen LogP contribution in [0.1, 0.15) is 17.4 Å². The van der Waals surface area contributed by atoms with E-state index in [0.29, 0.717) is 11.3 Å². The predicted molar refractivity (Wildman–Crippen MR) is 40.2 cm³/mol. The summed E-state index contributed by atoms with van der Waals surface area (Å²) >= 11 is 0. The summed E-state index contributed by atoms with van der Waals surface area (Å²) in [5, 5.41) is 3.50. The molecule has 0 saturated heterocycles. The van der Waals surface area contributed by atoms with Crippen LogP contribution in [-0.4, -0.2) is 18.2 Å². The van der Waals surface area contributed by atoms with Crippen LogP contribution in [0.4, 0.5) is 0 Å². The van der Waals surface area contributed by atoms with Crippen molar-refractivity contribution < 1.29 is 14.1 Å². The lowest BCUT2D eigenvalue weighted by atomic mass is 10.1. The Morgan fingerprint density at radius 2 is 2.50 bits per heavy atom. The van der Waals surface area contributed by atoms with Gasteiger partial charge < -0.3 is 15.0 Å². The molecule has 0 fully saturated rings. The Bertz CT molecular complexity index is 282. The van der Waals surface area contributed by atoms with Crippen molar-refractivity contribution >= 4 is 5.97 Å². The van der Waals surface area contributed by atoms with E-state index in [2.05, 4.69) is 9.89 Å². The second-order valence-electron chi connectivity index (χ2n) is 2.34. The Hall–Kier alpha value is -1.36. The quantitative estimate of drug-likeness (QED) is 0.639. The third-order valence-electron chi connectivity index (χ3n) is 1.58. The van der Waals surface area contributed by atoms with Gasteiger partial charge in [0, 0.05) is 5.56 Å². The minimum atomic E-state index is -0.804. The molecule has 1 aromatic heterocycles. The Morgan fingerprint density at radius 1 is 1.83 bits per heavy atom. The van der Waals surface area contributed by atoms with Crippen molar-refractivity contribution in [2.45, 2.75) is 13.0 Å². The molecule has 0 aliphatic rings. The second-order valence-corrected chi connectivity index (χ2v) is 2.34. The van der Waals surface area contributed by atoms with E-state index in [1.165, 1.54) is 13.3 Å². The van der Waals surface area contributed by atoms with E-state index in [0.717, 1.165) is 0 Å². The van der Waals surface area contributed by atoms with Crippen LogP contribution in [0, 0.1) is 6.92 Å². The van der Waals surface area contributed by atoms with Crippen LogP contribution < -0.4 is 5.73 Å². The zero-order valence-corrected chi connectivity index (χ0v) is 6.90. The summed E-state index contributed by atoms with van der Waals surface area (Å²) in [6.45, 7) is 1.69. The van der Waals surface area contributed by atoms with Crippen molar-refractivity contribution in [3.63, 3.8) is 0 Å². The number of aromatic nitrogens is 1. The van der Waals surface area contributed by atoms with E-state index in [-0.39, 0.29) is 0 Å². The number of methoxy groups -OCH3 is 1. The molecule has 0 aromatic carbocycles. The van der Waals surface area contributed by atoms with Gasteiger partial charge in [0.05, 0.1) is 13.3 Å². The molecule has 0 spiro atoms. The van der Waals surface area contributed by atoms with E-state index in [4.69, 9.17) is 10.3 Å². The summed E-state index contributed by atoms with van der Waals surface area (Å²) < 4.78 is 9.20. The minimum Gasteiger partial charge on any atom is -0.468 e. The molecule has 0 saturated carbocycles. The van der Waals surface area contributed by atoms with Crippen molar-refractivity contribution in [3.8, 4) is 0 Å². The molecule has 1 atom stereocenters. The molecular weight excluding hydrogens is 160 g/mol. The number of hydrogen-bond acceptors (Lipinski definition) is 5. The number of carbonyl (C=O) groups is 1. The molecule has 0 bridgehead atoms. The van der Waals surface area contributed by atoms with Crippen LogP contribution in [0.25, 0.3) is 0 Å². The number of nitrogens with two attached hydrogens (primary N) is 1. The van der Waals surface area contributed by atoms with Gasteiger partial charge in [0.2, 0.25) is 0 Å². The van der Waals surface area contributed by atoms with Crippen LogP contribution in [0.5, 0.6) is 0 Å². The average molecular weight is 170 g/mol. The third-order valence-corrected chi connectivity index (χ3v) is 1.58. The largest absolute Gasteiger partial charge is 0.468 e. The van der Waals surface area contributed by atoms with Crippen molar-refractivity contribution in [3.05, 3.63) is 17.5 Å². The number of ether oxygens (including phenoxy) is 1. The monoisotopic (exact) mass is 170 g/mol. The number of nitrogens with zero attached hydrogens (tertiary/aromatic N) is 1. The second kappa shape index (κ2) is 3.36. The van der Waals surface area contributed by atoms with Gasteiger partial charge in [-0.2, -0.15) is 0 Å². The molecule has 0 amide bonds. The number of hydrogen-bond donors (Lipinski definition) is 1. The topological polar surface area (TPSA) is 78.4 Å². The molecule has 12 heavy (non-hydrogen) atoms. The summed E-state index contributed by atoms with van der Waals surface area (Å²) in [7, 11) is 1.28. The number of carbonyl (C=O) groups excluding carboxylic acids is 1. The maximum atomic E-state index is 10.9. The first kappa shape index (κ1) is 8.73. The van der Waals surface area contributed by atoms with Crippen molar-refractivity contribution in [2.24, 2.45) is 5.73 Å². The maximum absolute atomic E-state index is 10.9. The van der Waals surface area contributed by atoms with Crippen LogP contribution in [-0.2, 0) is 9.53 Å². The normalized spacial score (nSPS) is 12.6. The molecule has 1 rings (SSSR count). The highest BCUT2D eigenvalue weighted by Gasteiger charge is 2.20. The van der Waals surface area contributed by atoms with Crippen molar-refractivity contribution in [1.29, 1.82) is 0 Å². The molecular formula is C7H10N2O3. The molecule has 1 unspecified atom stereocenters. The Labute approximate surface area is 69.5 Å². The predicted octanol–water partition coefficient (Wildman–Crippen LogP) is 0.156. The first-order valence-electron chi connectivity index (χ1n) is 3.41. The Balaban J connectivity index is 2.84. The SMILES string of the molecule is COC(=O)C(N)c1cnoc1C. The number of rotatable bonds is 2. The summed E-state index contributed by atoms with van der Waals surface area (Å²) in [6.07, 6.45) is 1.41. The van der Waals surface area contributed by atoms with E-state index in [1.54, 1.807) is 6.92 Å². The average Bonchev–Trinajstić information content (AvgIpc) is 2.48. The summed E-state index contributed by atoms with van der Waals surface area (Å²) in [4.78, 5) is 10.9. The maximum Gasteiger partial charge on any atom is 0.327 e. The highest BCUT2D eigenvalue weighted by atomic mass is 16.5. The first-order chi connectivity index (χ1) is 5.66. The molecule has 5 heteroatoms. The fourth-order valence-corrected chi connectivity index (χ4v) is 0.859. The van der Waals surface area contributed by atoms with Gasteiger partial charge in [0.25, 0.3) is 0 Å². The fraction of sp³-hybridized carbons (Fsp3) is 0.429. The van der Waals surface area contributed by atoms with Gasteiger partial charge in [-0.05, 0) is 6.92 Å². The molecule has 2 N–H and O–H groups in total. The van der Waals surface area contributed by atoms with E-state index in [9.17, 15) is 4.79 Å². The van der Waals surface area contributed by atoms with E-state index >= 15 is 0 Å². The van der Waals surface area contributed by atoms with Gasteiger partial charge in [-0.1, -0.05) is 5.16 Å². The summed E-state index contributed by atoms with van der Waals surface area (Å²) in [5.41, 5.74) is 6.08. The first-order valence-corrected chi connectivity index (χ1v) is 3.41.